The third kappa shape index (κ3) is 2.77. The number of aromatic nitrogens is 2. The van der Waals surface area contributed by atoms with Crippen molar-refractivity contribution in [2.45, 2.75) is 19.3 Å². The number of rotatable bonds is 4. The van der Waals surface area contributed by atoms with Crippen LogP contribution in [0.4, 0.5) is 0 Å². The van der Waals surface area contributed by atoms with Crippen LogP contribution in [0.25, 0.3) is 10.9 Å². The average molecular weight is 264 g/mol. The maximum Gasteiger partial charge on any atom is 0.258 e. The molecule has 0 atom stereocenters. The van der Waals surface area contributed by atoms with Gasteiger partial charge in [0.05, 0.1) is 10.9 Å². The van der Waals surface area contributed by atoms with Crippen LogP contribution in [0, 0.1) is 0 Å². The summed E-state index contributed by atoms with van der Waals surface area (Å²) in [5.41, 5.74) is 2.03. The van der Waals surface area contributed by atoms with Gasteiger partial charge >= 0.3 is 0 Å². The van der Waals surface area contributed by atoms with Crippen molar-refractivity contribution in [3.63, 3.8) is 0 Å². The molecule has 0 saturated heterocycles. The highest BCUT2D eigenvalue weighted by Gasteiger charge is 2.03. The van der Waals surface area contributed by atoms with Gasteiger partial charge in [0.15, 0.2) is 0 Å². The van der Waals surface area contributed by atoms with E-state index in [2.05, 4.69) is 22.1 Å². The van der Waals surface area contributed by atoms with Gasteiger partial charge in [0, 0.05) is 6.42 Å². The Kier molecular flexibility index (Phi) is 3.59. The number of H-pyrrole nitrogens is 1. The first-order chi connectivity index (χ1) is 9.83. The summed E-state index contributed by atoms with van der Waals surface area (Å²) in [6.07, 6.45) is 2.76. The molecule has 0 spiro atoms. The molecule has 2 aromatic carbocycles. The number of aromatic amines is 1. The van der Waals surface area contributed by atoms with Gasteiger partial charge in [-0.05, 0) is 30.5 Å². The third-order valence-electron chi connectivity index (χ3n) is 3.38. The van der Waals surface area contributed by atoms with Crippen molar-refractivity contribution in [2.75, 3.05) is 0 Å². The van der Waals surface area contributed by atoms with Gasteiger partial charge in [0.2, 0.25) is 0 Å². The Labute approximate surface area is 117 Å². The number of para-hydroxylation sites is 1. The van der Waals surface area contributed by atoms with Crippen molar-refractivity contribution in [3.8, 4) is 0 Å². The van der Waals surface area contributed by atoms with Crippen molar-refractivity contribution in [3.05, 3.63) is 76.3 Å². The Balaban J connectivity index is 1.73. The largest absolute Gasteiger partial charge is 0.310 e. The summed E-state index contributed by atoms with van der Waals surface area (Å²) in [6.45, 7) is 0. The molecule has 3 rings (SSSR count). The molecule has 0 fully saturated rings. The lowest BCUT2D eigenvalue weighted by molar-refractivity contribution is 0.772. The first-order valence-corrected chi connectivity index (χ1v) is 6.85. The Morgan fingerprint density at radius 2 is 1.65 bits per heavy atom. The van der Waals surface area contributed by atoms with Crippen LogP contribution in [-0.2, 0) is 12.8 Å². The number of nitrogens with zero attached hydrogens (tertiary/aromatic N) is 1. The lowest BCUT2D eigenvalue weighted by Crippen LogP contribution is -2.12. The van der Waals surface area contributed by atoms with Crippen LogP contribution in [0.15, 0.2) is 59.4 Å². The predicted octanol–water partition coefficient (Wildman–Crippen LogP) is 3.10. The normalized spacial score (nSPS) is 10.8. The van der Waals surface area contributed by atoms with Gasteiger partial charge in [-0.25, -0.2) is 4.98 Å². The Bertz CT molecular complexity index is 763. The minimum atomic E-state index is -0.0506. The third-order valence-corrected chi connectivity index (χ3v) is 3.38. The van der Waals surface area contributed by atoms with Gasteiger partial charge in [-0.1, -0.05) is 42.5 Å². The first-order valence-electron chi connectivity index (χ1n) is 6.85. The van der Waals surface area contributed by atoms with Crippen LogP contribution in [-0.4, -0.2) is 9.97 Å². The second-order valence-electron chi connectivity index (χ2n) is 4.87. The molecule has 0 radical (unpaired) electrons. The number of benzene rings is 2. The topological polar surface area (TPSA) is 45.8 Å². The van der Waals surface area contributed by atoms with E-state index in [9.17, 15) is 4.79 Å². The zero-order chi connectivity index (χ0) is 13.8. The van der Waals surface area contributed by atoms with Gasteiger partial charge in [-0.3, -0.25) is 4.79 Å². The number of hydrogen-bond donors (Lipinski definition) is 1. The summed E-state index contributed by atoms with van der Waals surface area (Å²) in [7, 11) is 0. The smallest absolute Gasteiger partial charge is 0.258 e. The van der Waals surface area contributed by atoms with Gasteiger partial charge in [-0.2, -0.15) is 0 Å². The molecule has 1 heterocycles. The standard InChI is InChI=1S/C17H16N2O/c20-17-14-10-4-5-11-15(14)18-16(19-17)12-6-9-13-7-2-1-3-8-13/h1-5,7-8,10-11H,6,9,12H2,(H,18,19,20). The fourth-order valence-electron chi connectivity index (χ4n) is 2.36. The van der Waals surface area contributed by atoms with Gasteiger partial charge in [0.25, 0.3) is 5.56 Å². The van der Waals surface area contributed by atoms with Crippen molar-refractivity contribution < 1.29 is 0 Å². The molecule has 100 valence electrons. The van der Waals surface area contributed by atoms with Gasteiger partial charge in [-0.15, -0.1) is 0 Å². The maximum absolute atomic E-state index is 11.9. The highest BCUT2D eigenvalue weighted by atomic mass is 16.1. The van der Waals surface area contributed by atoms with Crippen LogP contribution >= 0.6 is 0 Å². The molecule has 0 bridgehead atoms. The molecule has 3 nitrogen and oxygen atoms in total. The van der Waals surface area contributed by atoms with E-state index < -0.39 is 0 Å². The molecule has 3 heteroatoms. The van der Waals surface area contributed by atoms with Gasteiger partial charge in [0.1, 0.15) is 5.82 Å². The second kappa shape index (κ2) is 5.70. The summed E-state index contributed by atoms with van der Waals surface area (Å²) in [6, 6.07) is 17.8. The fraction of sp³-hybridized carbons (Fsp3) is 0.176. The van der Waals surface area contributed by atoms with Crippen molar-refractivity contribution in [1.29, 1.82) is 0 Å². The molecule has 1 N–H and O–H groups in total. The summed E-state index contributed by atoms with van der Waals surface area (Å²) >= 11 is 0. The molecular formula is C17H16N2O. The molecule has 20 heavy (non-hydrogen) atoms. The molecule has 3 aromatic rings. The highest BCUT2D eigenvalue weighted by molar-refractivity contribution is 5.77. The monoisotopic (exact) mass is 264 g/mol. The molecular weight excluding hydrogens is 248 g/mol. The Hall–Kier alpha value is -2.42. The minimum Gasteiger partial charge on any atom is -0.310 e. The molecule has 1 aromatic heterocycles. The first kappa shape index (κ1) is 12.6. The number of nitrogens with one attached hydrogen (secondary N) is 1. The average Bonchev–Trinajstić information content (AvgIpc) is 2.48. The van der Waals surface area contributed by atoms with E-state index in [4.69, 9.17) is 0 Å². The lowest BCUT2D eigenvalue weighted by atomic mass is 10.1. The molecule has 0 aliphatic rings. The van der Waals surface area contributed by atoms with E-state index in [-0.39, 0.29) is 5.56 Å². The van der Waals surface area contributed by atoms with E-state index in [0.29, 0.717) is 5.39 Å². The van der Waals surface area contributed by atoms with Crippen molar-refractivity contribution in [1.82, 2.24) is 9.97 Å². The molecule has 0 saturated carbocycles. The molecule has 0 aliphatic heterocycles. The Morgan fingerprint density at radius 3 is 2.50 bits per heavy atom. The minimum absolute atomic E-state index is 0.0506. The quantitative estimate of drug-likeness (QED) is 0.787. The zero-order valence-corrected chi connectivity index (χ0v) is 11.2. The molecule has 0 unspecified atom stereocenters. The summed E-state index contributed by atoms with van der Waals surface area (Å²) in [4.78, 5) is 19.3. The molecule has 0 aliphatic carbocycles. The van der Waals surface area contributed by atoms with Crippen LogP contribution in [0.2, 0.25) is 0 Å². The number of fused-ring (bicyclic) bond motifs is 1. The number of hydrogen-bond acceptors (Lipinski definition) is 2. The van der Waals surface area contributed by atoms with E-state index in [1.807, 2.05) is 36.4 Å². The van der Waals surface area contributed by atoms with Crippen molar-refractivity contribution in [2.24, 2.45) is 0 Å². The second-order valence-corrected chi connectivity index (χ2v) is 4.87. The summed E-state index contributed by atoms with van der Waals surface area (Å²) in [5, 5.41) is 0.652. The van der Waals surface area contributed by atoms with Gasteiger partial charge < -0.3 is 4.98 Å². The lowest BCUT2D eigenvalue weighted by Gasteiger charge is -2.03. The highest BCUT2D eigenvalue weighted by Crippen LogP contribution is 2.08. The van der Waals surface area contributed by atoms with E-state index in [1.165, 1.54) is 5.56 Å². The SMILES string of the molecule is O=c1[nH]c(CCCc2ccccc2)nc2ccccc12. The molecule has 0 amide bonds. The van der Waals surface area contributed by atoms with E-state index >= 15 is 0 Å². The number of aryl methyl sites for hydroxylation is 2. The fourth-order valence-corrected chi connectivity index (χ4v) is 2.36. The van der Waals surface area contributed by atoms with Crippen LogP contribution < -0.4 is 5.56 Å². The van der Waals surface area contributed by atoms with Crippen molar-refractivity contribution >= 4 is 10.9 Å². The van der Waals surface area contributed by atoms with Crippen LogP contribution in [0.1, 0.15) is 17.8 Å². The maximum atomic E-state index is 11.9. The Morgan fingerprint density at radius 1 is 0.900 bits per heavy atom. The van der Waals surface area contributed by atoms with Crippen LogP contribution in [0.3, 0.4) is 0 Å². The predicted molar refractivity (Wildman–Crippen MR) is 80.8 cm³/mol. The summed E-state index contributed by atoms with van der Waals surface area (Å²) < 4.78 is 0. The van der Waals surface area contributed by atoms with E-state index in [0.717, 1.165) is 30.6 Å². The van der Waals surface area contributed by atoms with Crippen LogP contribution in [0.5, 0.6) is 0 Å². The zero-order valence-electron chi connectivity index (χ0n) is 11.2. The summed E-state index contributed by atoms with van der Waals surface area (Å²) in [5.74, 6) is 0.768. The van der Waals surface area contributed by atoms with E-state index in [1.54, 1.807) is 6.07 Å².